The second-order valence-corrected chi connectivity index (χ2v) is 5.10. The monoisotopic (exact) mass is 320 g/mol. The van der Waals surface area contributed by atoms with Crippen molar-refractivity contribution in [1.29, 1.82) is 0 Å². The van der Waals surface area contributed by atoms with Crippen molar-refractivity contribution in [2.75, 3.05) is 0 Å². The van der Waals surface area contributed by atoms with Crippen molar-refractivity contribution in [3.05, 3.63) is 66.4 Å². The lowest BCUT2D eigenvalue weighted by Crippen LogP contribution is -2.06. The molecule has 8 nitrogen and oxygen atoms in total. The van der Waals surface area contributed by atoms with Gasteiger partial charge in [0.25, 0.3) is 0 Å². The number of benzene rings is 1. The smallest absolute Gasteiger partial charge is 0.340 e. The van der Waals surface area contributed by atoms with Gasteiger partial charge >= 0.3 is 5.97 Å². The zero-order chi connectivity index (χ0) is 16.4. The van der Waals surface area contributed by atoms with Crippen LogP contribution in [0.25, 0.3) is 16.9 Å². The molecular formula is C16H12N6O2. The van der Waals surface area contributed by atoms with E-state index in [-0.39, 0.29) is 6.61 Å². The van der Waals surface area contributed by atoms with Crippen LogP contribution in [0.4, 0.5) is 0 Å². The van der Waals surface area contributed by atoms with Crippen LogP contribution in [0.5, 0.6) is 0 Å². The van der Waals surface area contributed by atoms with Crippen LogP contribution >= 0.6 is 0 Å². The Bertz CT molecular complexity index is 975. The lowest BCUT2D eigenvalue weighted by molar-refractivity contribution is 0.0472. The number of aromatic amines is 1. The first-order valence-electron chi connectivity index (χ1n) is 7.20. The van der Waals surface area contributed by atoms with Crippen molar-refractivity contribution in [2.45, 2.75) is 6.61 Å². The number of rotatable bonds is 4. The molecule has 0 bridgehead atoms. The van der Waals surface area contributed by atoms with Gasteiger partial charge in [0.15, 0.2) is 0 Å². The predicted molar refractivity (Wildman–Crippen MR) is 84.4 cm³/mol. The van der Waals surface area contributed by atoms with E-state index in [1.54, 1.807) is 35.4 Å². The molecule has 4 rings (SSSR count). The molecule has 8 heteroatoms. The number of fused-ring (bicyclic) bond motifs is 1. The molecule has 0 spiro atoms. The Labute approximate surface area is 136 Å². The Balaban J connectivity index is 1.43. The fourth-order valence-corrected chi connectivity index (χ4v) is 2.26. The molecule has 1 N–H and O–H groups in total. The van der Waals surface area contributed by atoms with Gasteiger partial charge in [-0.15, -0.1) is 0 Å². The van der Waals surface area contributed by atoms with Gasteiger partial charge in [0.1, 0.15) is 29.8 Å². The van der Waals surface area contributed by atoms with Crippen LogP contribution in [0.15, 0.2) is 55.2 Å². The number of nitrogens with one attached hydrogen (secondary N) is 1. The highest BCUT2D eigenvalue weighted by Gasteiger charge is 2.09. The summed E-state index contributed by atoms with van der Waals surface area (Å²) < 4.78 is 7.07. The van der Waals surface area contributed by atoms with E-state index in [0.717, 1.165) is 16.6 Å². The fourth-order valence-electron chi connectivity index (χ4n) is 2.26. The molecule has 0 fully saturated rings. The van der Waals surface area contributed by atoms with E-state index in [0.29, 0.717) is 11.4 Å². The number of hydrogen-bond acceptors (Lipinski definition) is 6. The van der Waals surface area contributed by atoms with Crippen LogP contribution in [0, 0.1) is 0 Å². The van der Waals surface area contributed by atoms with E-state index in [1.807, 2.05) is 18.2 Å². The van der Waals surface area contributed by atoms with E-state index in [1.165, 1.54) is 6.20 Å². The number of carbonyl (C=O) groups is 1. The van der Waals surface area contributed by atoms with Crippen LogP contribution in [-0.2, 0) is 11.3 Å². The van der Waals surface area contributed by atoms with Gasteiger partial charge in [-0.05, 0) is 29.8 Å². The van der Waals surface area contributed by atoms with Gasteiger partial charge in [-0.2, -0.15) is 15.4 Å². The van der Waals surface area contributed by atoms with Crippen LogP contribution in [0.3, 0.4) is 0 Å². The molecule has 3 heterocycles. The summed E-state index contributed by atoms with van der Waals surface area (Å²) in [5.41, 5.74) is 2.73. The quantitative estimate of drug-likeness (QED) is 0.577. The normalized spacial score (nSPS) is 10.8. The fraction of sp³-hybridized carbons (Fsp3) is 0.0625. The van der Waals surface area contributed by atoms with E-state index in [2.05, 4.69) is 25.4 Å². The molecule has 1 aromatic carbocycles. The molecule has 0 atom stereocenters. The third-order valence-corrected chi connectivity index (χ3v) is 3.50. The summed E-state index contributed by atoms with van der Waals surface area (Å²) in [6.45, 7) is 0.158. The number of ether oxygens (including phenoxy) is 1. The van der Waals surface area contributed by atoms with Crippen molar-refractivity contribution >= 4 is 17.0 Å². The van der Waals surface area contributed by atoms with Gasteiger partial charge in [0, 0.05) is 18.6 Å². The number of aromatic nitrogens is 6. The second kappa shape index (κ2) is 5.92. The van der Waals surface area contributed by atoms with Gasteiger partial charge in [0.2, 0.25) is 0 Å². The third kappa shape index (κ3) is 2.72. The maximum absolute atomic E-state index is 12.1. The lowest BCUT2D eigenvalue weighted by atomic mass is 10.2. The molecular weight excluding hydrogens is 308 g/mol. The van der Waals surface area contributed by atoms with E-state index in [9.17, 15) is 4.79 Å². The minimum absolute atomic E-state index is 0.158. The summed E-state index contributed by atoms with van der Waals surface area (Å²) >= 11 is 0. The summed E-state index contributed by atoms with van der Waals surface area (Å²) in [4.78, 5) is 20.3. The molecule has 118 valence electrons. The first-order chi connectivity index (χ1) is 11.8. The molecule has 24 heavy (non-hydrogen) atoms. The summed E-state index contributed by atoms with van der Waals surface area (Å²) in [7, 11) is 0. The zero-order valence-electron chi connectivity index (χ0n) is 12.5. The maximum Gasteiger partial charge on any atom is 0.340 e. The minimum atomic E-state index is -0.431. The first kappa shape index (κ1) is 14.1. The Morgan fingerprint density at radius 1 is 1.17 bits per heavy atom. The summed E-state index contributed by atoms with van der Waals surface area (Å²) in [6, 6.07) is 8.90. The zero-order valence-corrected chi connectivity index (χ0v) is 12.5. The molecule has 0 unspecified atom stereocenters. The number of hydrogen-bond donors (Lipinski definition) is 1. The number of H-pyrrole nitrogens is 1. The standard InChI is InChI=1S/C16H12N6O2/c23-16(12-2-4-15(18-8-12)22-6-5-17-10-22)24-9-11-1-3-13-14(7-11)20-21-19-13/h1-8,10H,9H2,(H,19,20,21). The molecule has 3 aromatic heterocycles. The highest BCUT2D eigenvalue weighted by Crippen LogP contribution is 2.13. The van der Waals surface area contributed by atoms with E-state index in [4.69, 9.17) is 4.74 Å². The summed E-state index contributed by atoms with van der Waals surface area (Å²) in [6.07, 6.45) is 6.56. The largest absolute Gasteiger partial charge is 0.457 e. The van der Waals surface area contributed by atoms with Crippen LogP contribution < -0.4 is 0 Å². The Kier molecular flexibility index (Phi) is 3.47. The average Bonchev–Trinajstić information content (AvgIpc) is 3.31. The molecule has 0 amide bonds. The van der Waals surface area contributed by atoms with Crippen molar-refractivity contribution in [1.82, 2.24) is 29.9 Å². The van der Waals surface area contributed by atoms with Gasteiger partial charge in [-0.3, -0.25) is 4.57 Å². The van der Waals surface area contributed by atoms with Crippen LogP contribution in [0.2, 0.25) is 0 Å². The van der Waals surface area contributed by atoms with Crippen molar-refractivity contribution in [3.63, 3.8) is 0 Å². The van der Waals surface area contributed by atoms with Crippen LogP contribution in [0.1, 0.15) is 15.9 Å². The van der Waals surface area contributed by atoms with Gasteiger partial charge in [0.05, 0.1) is 5.56 Å². The van der Waals surface area contributed by atoms with Gasteiger partial charge in [-0.1, -0.05) is 6.07 Å². The SMILES string of the molecule is O=C(OCc1ccc2n[nH]nc2c1)c1ccc(-n2ccnc2)nc1. The van der Waals surface area contributed by atoms with Crippen LogP contribution in [-0.4, -0.2) is 35.9 Å². The molecule has 4 aromatic rings. The molecule has 0 saturated heterocycles. The Hall–Kier alpha value is -3.55. The lowest BCUT2D eigenvalue weighted by Gasteiger charge is -2.06. The number of pyridine rings is 1. The molecule has 0 aliphatic carbocycles. The number of nitrogens with zero attached hydrogens (tertiary/aromatic N) is 5. The highest BCUT2D eigenvalue weighted by molar-refractivity contribution is 5.89. The second-order valence-electron chi connectivity index (χ2n) is 5.10. The third-order valence-electron chi connectivity index (χ3n) is 3.50. The molecule has 0 aliphatic heterocycles. The number of esters is 1. The highest BCUT2D eigenvalue weighted by atomic mass is 16.5. The number of carbonyl (C=O) groups excluding carboxylic acids is 1. The summed E-state index contributed by atoms with van der Waals surface area (Å²) in [5.74, 6) is 0.250. The predicted octanol–water partition coefficient (Wildman–Crippen LogP) is 1.90. The first-order valence-corrected chi connectivity index (χ1v) is 7.20. The summed E-state index contributed by atoms with van der Waals surface area (Å²) in [5, 5.41) is 10.5. The van der Waals surface area contributed by atoms with Gasteiger partial charge < -0.3 is 4.74 Å². The minimum Gasteiger partial charge on any atom is -0.457 e. The molecule has 0 saturated carbocycles. The average molecular weight is 320 g/mol. The Morgan fingerprint density at radius 2 is 2.08 bits per heavy atom. The van der Waals surface area contributed by atoms with E-state index < -0.39 is 5.97 Å². The van der Waals surface area contributed by atoms with E-state index >= 15 is 0 Å². The van der Waals surface area contributed by atoms with Crippen molar-refractivity contribution in [2.24, 2.45) is 0 Å². The molecule has 0 aliphatic rings. The van der Waals surface area contributed by atoms with Crippen molar-refractivity contribution in [3.8, 4) is 5.82 Å². The van der Waals surface area contributed by atoms with Crippen molar-refractivity contribution < 1.29 is 9.53 Å². The topological polar surface area (TPSA) is 98.6 Å². The Morgan fingerprint density at radius 3 is 2.88 bits per heavy atom. The maximum atomic E-state index is 12.1. The molecule has 0 radical (unpaired) electrons. The number of imidazole rings is 1. The van der Waals surface area contributed by atoms with Gasteiger partial charge in [-0.25, -0.2) is 14.8 Å².